The lowest BCUT2D eigenvalue weighted by Crippen LogP contribution is -2.42. The largest absolute Gasteiger partial charge is 0.377 e. The van der Waals surface area contributed by atoms with Crippen molar-refractivity contribution >= 4 is 33.2 Å². The summed E-state index contributed by atoms with van der Waals surface area (Å²) in [5.74, 6) is 1.02. The molecule has 0 radical (unpaired) electrons. The zero-order valence-electron chi connectivity index (χ0n) is 24.7. The molecule has 4 nitrogen and oxygen atoms in total. The van der Waals surface area contributed by atoms with Crippen LogP contribution in [-0.4, -0.2) is 27.5 Å². The van der Waals surface area contributed by atoms with Gasteiger partial charge in [0.15, 0.2) is 0 Å². The second kappa shape index (κ2) is 9.54. The van der Waals surface area contributed by atoms with Gasteiger partial charge in [0.1, 0.15) is 0 Å². The quantitative estimate of drug-likeness (QED) is 0.205. The van der Waals surface area contributed by atoms with Gasteiger partial charge in [-0.1, -0.05) is 84.8 Å². The van der Waals surface area contributed by atoms with Gasteiger partial charge < -0.3 is 20.2 Å². The zero-order chi connectivity index (χ0) is 28.5. The highest BCUT2D eigenvalue weighted by Gasteiger charge is 2.51. The number of benzene rings is 3. The molecule has 214 valence electrons. The molecule has 0 bridgehead atoms. The second-order valence-electron chi connectivity index (χ2n) is 13.3. The van der Waals surface area contributed by atoms with Crippen LogP contribution in [0, 0.1) is 18.8 Å². The lowest BCUT2D eigenvalue weighted by atomic mass is 9.62. The fraction of sp³-hybridized carbons (Fsp3) is 0.282. The molecule has 0 saturated heterocycles. The van der Waals surface area contributed by atoms with Crippen molar-refractivity contribution in [3.8, 4) is 0 Å². The van der Waals surface area contributed by atoms with Crippen LogP contribution < -0.4 is 5.32 Å². The van der Waals surface area contributed by atoms with E-state index in [1.165, 1.54) is 81.1 Å². The van der Waals surface area contributed by atoms with Gasteiger partial charge in [-0.2, -0.15) is 0 Å². The first-order valence-electron chi connectivity index (χ1n) is 16.0. The number of hydrogen-bond acceptors (Lipinski definition) is 2. The molecule has 2 aliphatic carbocycles. The first kappa shape index (κ1) is 25.1. The van der Waals surface area contributed by atoms with E-state index in [0.29, 0.717) is 17.9 Å². The molecule has 4 heteroatoms. The molecule has 1 spiro atoms. The normalized spacial score (nSPS) is 27.6. The monoisotopic (exact) mass is 562 g/mol. The zero-order valence-corrected chi connectivity index (χ0v) is 24.7. The molecule has 43 heavy (non-hydrogen) atoms. The molecule has 3 aromatic carbocycles. The molecule has 2 aromatic heterocycles. The lowest BCUT2D eigenvalue weighted by molar-refractivity contribution is 0.165. The molecule has 2 aliphatic heterocycles. The standard InChI is InChI=1S/C39H38N4/c1-25-16-17-34-29(19-25)31(23-41-34)38-39(32-12-4-6-14-35(32)42-38)18-8-9-26(21-39)24-43-36-15-7-2-10-27(36)20-37(43)30-22-40-33-13-5-3-11-28(30)33/h2-7,10-17,19-20,22-23,26-27,36,38,40-42H,8-9,18,21,24H2,1H3. The lowest BCUT2D eigenvalue weighted by Gasteiger charge is -2.45. The van der Waals surface area contributed by atoms with Crippen LogP contribution in [-0.2, 0) is 5.41 Å². The average molecular weight is 563 g/mol. The summed E-state index contributed by atoms with van der Waals surface area (Å²) < 4.78 is 0. The maximum atomic E-state index is 4.05. The van der Waals surface area contributed by atoms with Crippen molar-refractivity contribution in [2.75, 3.05) is 11.9 Å². The molecule has 1 fully saturated rings. The summed E-state index contributed by atoms with van der Waals surface area (Å²) in [6, 6.07) is 25.3. The van der Waals surface area contributed by atoms with Crippen molar-refractivity contribution in [2.24, 2.45) is 11.8 Å². The Morgan fingerprint density at radius 1 is 0.884 bits per heavy atom. The summed E-state index contributed by atoms with van der Waals surface area (Å²) in [6.45, 7) is 3.28. The smallest absolute Gasteiger partial charge is 0.0632 e. The first-order valence-corrected chi connectivity index (χ1v) is 16.0. The second-order valence-corrected chi connectivity index (χ2v) is 13.3. The Bertz CT molecular complexity index is 1950. The predicted molar refractivity (Wildman–Crippen MR) is 178 cm³/mol. The van der Waals surface area contributed by atoms with Crippen molar-refractivity contribution in [1.29, 1.82) is 0 Å². The SMILES string of the molecule is Cc1ccc2[nH]cc(C3Nc4ccccc4C34CCCC(CN3C(c5c[nH]c6ccccc56)=CC5C=CC=CC53)C4)c2c1. The van der Waals surface area contributed by atoms with E-state index >= 15 is 0 Å². The van der Waals surface area contributed by atoms with Crippen molar-refractivity contribution in [2.45, 2.75) is 50.1 Å². The molecule has 0 amide bonds. The van der Waals surface area contributed by atoms with Gasteiger partial charge in [0.05, 0.1) is 12.1 Å². The van der Waals surface area contributed by atoms with E-state index < -0.39 is 0 Å². The number of fused-ring (bicyclic) bond motifs is 5. The van der Waals surface area contributed by atoms with Gasteiger partial charge in [0.2, 0.25) is 0 Å². The van der Waals surface area contributed by atoms with E-state index in [1.807, 2.05) is 0 Å². The van der Waals surface area contributed by atoms with Crippen LogP contribution in [0.3, 0.4) is 0 Å². The van der Waals surface area contributed by atoms with Gasteiger partial charge in [-0.3, -0.25) is 0 Å². The Hall–Kier alpha value is -4.44. The highest BCUT2D eigenvalue weighted by atomic mass is 15.2. The Balaban J connectivity index is 1.10. The molecule has 1 saturated carbocycles. The van der Waals surface area contributed by atoms with E-state index in [-0.39, 0.29) is 11.5 Å². The van der Waals surface area contributed by atoms with Crippen molar-refractivity contribution < 1.29 is 0 Å². The maximum Gasteiger partial charge on any atom is 0.0632 e. The average Bonchev–Trinajstić information content (AvgIpc) is 3.80. The van der Waals surface area contributed by atoms with Crippen LogP contribution in [0.5, 0.6) is 0 Å². The van der Waals surface area contributed by atoms with Crippen LogP contribution in [0.2, 0.25) is 0 Å². The number of rotatable bonds is 4. The number of aromatic nitrogens is 2. The van der Waals surface area contributed by atoms with Gasteiger partial charge in [-0.15, -0.1) is 0 Å². The van der Waals surface area contributed by atoms with Crippen LogP contribution in [0.25, 0.3) is 27.5 Å². The Labute approximate surface area is 253 Å². The summed E-state index contributed by atoms with van der Waals surface area (Å²) in [7, 11) is 0. The van der Waals surface area contributed by atoms with E-state index in [1.54, 1.807) is 0 Å². The molecular formula is C39H38N4. The Kier molecular flexibility index (Phi) is 5.56. The number of aromatic amines is 2. The number of hydrogen-bond donors (Lipinski definition) is 3. The minimum Gasteiger partial charge on any atom is -0.377 e. The van der Waals surface area contributed by atoms with Gasteiger partial charge in [0.25, 0.3) is 0 Å². The highest BCUT2D eigenvalue weighted by molar-refractivity contribution is 5.93. The number of allylic oxidation sites excluding steroid dienone is 2. The molecule has 9 rings (SSSR count). The minimum absolute atomic E-state index is 0.0739. The highest BCUT2D eigenvalue weighted by Crippen LogP contribution is 2.58. The van der Waals surface area contributed by atoms with Gasteiger partial charge in [0, 0.05) is 74.6 Å². The predicted octanol–water partition coefficient (Wildman–Crippen LogP) is 9.02. The molecule has 4 heterocycles. The third kappa shape index (κ3) is 3.82. The van der Waals surface area contributed by atoms with E-state index in [4.69, 9.17) is 0 Å². The fourth-order valence-electron chi connectivity index (χ4n) is 8.99. The fourth-order valence-corrected chi connectivity index (χ4v) is 8.99. The van der Waals surface area contributed by atoms with Crippen LogP contribution >= 0.6 is 0 Å². The molecule has 3 N–H and O–H groups in total. The van der Waals surface area contributed by atoms with Crippen molar-refractivity contribution in [3.05, 3.63) is 132 Å². The molecular weight excluding hydrogens is 524 g/mol. The van der Waals surface area contributed by atoms with E-state index in [0.717, 1.165) is 6.54 Å². The summed E-state index contributed by atoms with van der Waals surface area (Å²) in [4.78, 5) is 9.89. The van der Waals surface area contributed by atoms with Crippen molar-refractivity contribution in [3.63, 3.8) is 0 Å². The summed E-state index contributed by atoms with van der Waals surface area (Å²) >= 11 is 0. The number of anilines is 1. The number of nitrogens with one attached hydrogen (secondary N) is 3. The van der Waals surface area contributed by atoms with Crippen LogP contribution in [0.15, 0.2) is 110 Å². The van der Waals surface area contributed by atoms with Gasteiger partial charge in [-0.05, 0) is 61.9 Å². The van der Waals surface area contributed by atoms with Gasteiger partial charge >= 0.3 is 0 Å². The maximum absolute atomic E-state index is 4.05. The van der Waals surface area contributed by atoms with Crippen molar-refractivity contribution in [1.82, 2.24) is 14.9 Å². The Morgan fingerprint density at radius 2 is 1.72 bits per heavy atom. The number of nitrogens with zero attached hydrogens (tertiary/aromatic N) is 1. The molecule has 5 atom stereocenters. The van der Waals surface area contributed by atoms with E-state index in [2.05, 4.69) is 137 Å². The summed E-state index contributed by atoms with van der Waals surface area (Å²) in [5, 5.41) is 6.72. The summed E-state index contributed by atoms with van der Waals surface area (Å²) in [5.41, 5.74) is 10.8. The number of para-hydroxylation sites is 2. The topological polar surface area (TPSA) is 46.9 Å². The summed E-state index contributed by atoms with van der Waals surface area (Å²) in [6.07, 6.45) is 21.2. The Morgan fingerprint density at radius 3 is 2.70 bits per heavy atom. The van der Waals surface area contributed by atoms with Crippen LogP contribution in [0.1, 0.15) is 54.0 Å². The molecule has 5 unspecified atom stereocenters. The van der Waals surface area contributed by atoms with Gasteiger partial charge in [-0.25, -0.2) is 0 Å². The molecule has 4 aliphatic rings. The number of H-pyrrole nitrogens is 2. The van der Waals surface area contributed by atoms with Crippen LogP contribution in [0.4, 0.5) is 5.69 Å². The van der Waals surface area contributed by atoms with E-state index in [9.17, 15) is 0 Å². The third-order valence-corrected chi connectivity index (χ3v) is 10.9. The third-order valence-electron chi connectivity index (χ3n) is 10.9. The first-order chi connectivity index (χ1) is 21.2. The molecule has 5 aromatic rings. The minimum atomic E-state index is 0.0739. The number of aryl methyl sites for hydroxylation is 1.